The number of hydrogen-bond acceptors (Lipinski definition) is 2. The summed E-state index contributed by atoms with van der Waals surface area (Å²) in [4.78, 5) is 12.3. The van der Waals surface area contributed by atoms with Crippen LogP contribution in [-0.2, 0) is 4.74 Å². The maximum absolute atomic E-state index is 10.7. The molecule has 0 aromatic carbocycles. The van der Waals surface area contributed by atoms with E-state index in [1.807, 2.05) is 6.92 Å². The van der Waals surface area contributed by atoms with Crippen molar-refractivity contribution in [2.75, 3.05) is 13.7 Å². The number of nitrogens with zero attached hydrogens (tertiary/aromatic N) is 1. The van der Waals surface area contributed by atoms with Crippen LogP contribution in [0.1, 0.15) is 13.3 Å². The quantitative estimate of drug-likeness (QED) is 0.485. The van der Waals surface area contributed by atoms with E-state index in [1.54, 1.807) is 11.9 Å². The summed E-state index contributed by atoms with van der Waals surface area (Å²) in [6.45, 7) is 2.59. The van der Waals surface area contributed by atoms with Gasteiger partial charge in [0.05, 0.1) is 6.61 Å². The molecule has 1 heterocycles. The third kappa shape index (κ3) is 1.15. The molecule has 1 saturated heterocycles. The topological polar surface area (TPSA) is 29.5 Å². The standard InChI is InChI=1S/C6H11NO2/c1-5-3-4-9-6(8)7(5)2/h5H,3-4H2,1-2H3/t5-/m0/s1. The van der Waals surface area contributed by atoms with Crippen LogP contribution in [0.5, 0.6) is 0 Å². The molecule has 0 radical (unpaired) electrons. The monoisotopic (exact) mass is 129 g/mol. The van der Waals surface area contributed by atoms with Crippen LogP contribution >= 0.6 is 0 Å². The molecule has 1 atom stereocenters. The average Bonchev–Trinajstić information content (AvgIpc) is 1.83. The van der Waals surface area contributed by atoms with Crippen molar-refractivity contribution in [3.8, 4) is 0 Å². The molecule has 9 heavy (non-hydrogen) atoms. The Morgan fingerprint density at radius 3 is 2.89 bits per heavy atom. The first kappa shape index (κ1) is 6.39. The van der Waals surface area contributed by atoms with Gasteiger partial charge in [-0.2, -0.15) is 0 Å². The molecule has 3 heteroatoms. The van der Waals surface area contributed by atoms with E-state index < -0.39 is 0 Å². The largest absolute Gasteiger partial charge is 0.449 e. The van der Waals surface area contributed by atoms with Gasteiger partial charge in [-0.1, -0.05) is 0 Å². The predicted molar refractivity (Wildman–Crippen MR) is 33.2 cm³/mol. The lowest BCUT2D eigenvalue weighted by Gasteiger charge is -2.28. The average molecular weight is 129 g/mol. The summed E-state index contributed by atoms with van der Waals surface area (Å²) in [6.07, 6.45) is 0.746. The fourth-order valence-electron chi connectivity index (χ4n) is 0.792. The smallest absolute Gasteiger partial charge is 0.409 e. The zero-order chi connectivity index (χ0) is 6.85. The Hall–Kier alpha value is -0.730. The van der Waals surface area contributed by atoms with Gasteiger partial charge < -0.3 is 9.64 Å². The van der Waals surface area contributed by atoms with Gasteiger partial charge in [0.1, 0.15) is 0 Å². The molecule has 1 aliphatic rings. The van der Waals surface area contributed by atoms with Crippen molar-refractivity contribution in [3.63, 3.8) is 0 Å². The first-order valence-electron chi connectivity index (χ1n) is 3.11. The second kappa shape index (κ2) is 2.25. The minimum absolute atomic E-state index is 0.200. The van der Waals surface area contributed by atoms with Crippen LogP contribution in [0.25, 0.3) is 0 Å². The summed E-state index contributed by atoms with van der Waals surface area (Å²) in [5.41, 5.74) is 0. The van der Waals surface area contributed by atoms with Crippen LogP contribution in [-0.4, -0.2) is 30.7 Å². The lowest BCUT2D eigenvalue weighted by Crippen LogP contribution is -2.40. The summed E-state index contributed by atoms with van der Waals surface area (Å²) < 4.78 is 4.75. The first-order valence-corrected chi connectivity index (χ1v) is 3.11. The van der Waals surface area contributed by atoms with E-state index in [4.69, 9.17) is 4.74 Å². The second-order valence-electron chi connectivity index (χ2n) is 2.36. The van der Waals surface area contributed by atoms with E-state index >= 15 is 0 Å². The molecule has 0 unspecified atom stereocenters. The third-order valence-corrected chi connectivity index (χ3v) is 1.71. The molecule has 1 fully saturated rings. The van der Waals surface area contributed by atoms with E-state index in [1.165, 1.54) is 0 Å². The molecule has 0 aromatic heterocycles. The fourth-order valence-corrected chi connectivity index (χ4v) is 0.792. The Morgan fingerprint density at radius 1 is 1.78 bits per heavy atom. The van der Waals surface area contributed by atoms with Gasteiger partial charge in [0, 0.05) is 19.5 Å². The van der Waals surface area contributed by atoms with E-state index in [2.05, 4.69) is 0 Å². The van der Waals surface area contributed by atoms with Crippen molar-refractivity contribution in [1.82, 2.24) is 4.90 Å². The minimum Gasteiger partial charge on any atom is -0.449 e. The molecule has 0 bridgehead atoms. The van der Waals surface area contributed by atoms with Gasteiger partial charge in [0.15, 0.2) is 0 Å². The molecular formula is C6H11NO2. The minimum atomic E-state index is -0.200. The molecular weight excluding hydrogens is 118 g/mol. The summed E-state index contributed by atoms with van der Waals surface area (Å²) in [5, 5.41) is 0. The number of rotatable bonds is 0. The zero-order valence-corrected chi connectivity index (χ0v) is 5.76. The number of cyclic esters (lactones) is 1. The van der Waals surface area contributed by atoms with E-state index in [0.29, 0.717) is 12.6 Å². The van der Waals surface area contributed by atoms with E-state index in [-0.39, 0.29) is 6.09 Å². The van der Waals surface area contributed by atoms with Crippen molar-refractivity contribution in [1.29, 1.82) is 0 Å². The highest BCUT2D eigenvalue weighted by Crippen LogP contribution is 2.08. The van der Waals surface area contributed by atoms with E-state index in [0.717, 1.165) is 6.42 Å². The SMILES string of the molecule is C[C@H]1CCOC(=O)N1C. The Balaban J connectivity index is 2.51. The summed E-state index contributed by atoms with van der Waals surface area (Å²) in [7, 11) is 1.76. The van der Waals surface area contributed by atoms with Gasteiger partial charge in [0.25, 0.3) is 0 Å². The highest BCUT2D eigenvalue weighted by Gasteiger charge is 2.21. The van der Waals surface area contributed by atoms with Crippen molar-refractivity contribution in [2.45, 2.75) is 19.4 Å². The number of amides is 1. The Bertz CT molecular complexity index is 124. The number of carbonyl (C=O) groups is 1. The van der Waals surface area contributed by atoms with Crippen LogP contribution in [0.4, 0.5) is 4.79 Å². The Labute approximate surface area is 54.6 Å². The van der Waals surface area contributed by atoms with Crippen LogP contribution in [0.3, 0.4) is 0 Å². The number of hydrogen-bond donors (Lipinski definition) is 0. The summed E-state index contributed by atoms with van der Waals surface area (Å²) in [5.74, 6) is 0. The van der Waals surface area contributed by atoms with Crippen LogP contribution in [0, 0.1) is 0 Å². The lowest BCUT2D eigenvalue weighted by molar-refractivity contribution is 0.0610. The van der Waals surface area contributed by atoms with Gasteiger partial charge in [-0.05, 0) is 6.92 Å². The van der Waals surface area contributed by atoms with Gasteiger partial charge in [-0.3, -0.25) is 0 Å². The molecule has 52 valence electrons. The van der Waals surface area contributed by atoms with Gasteiger partial charge in [0.2, 0.25) is 0 Å². The van der Waals surface area contributed by atoms with E-state index in [9.17, 15) is 4.79 Å². The molecule has 0 N–H and O–H groups in total. The van der Waals surface area contributed by atoms with Crippen molar-refractivity contribution in [2.24, 2.45) is 0 Å². The molecule has 0 aromatic rings. The second-order valence-corrected chi connectivity index (χ2v) is 2.36. The third-order valence-electron chi connectivity index (χ3n) is 1.71. The molecule has 0 spiro atoms. The normalized spacial score (nSPS) is 28.0. The molecule has 0 aliphatic carbocycles. The summed E-state index contributed by atoms with van der Waals surface area (Å²) >= 11 is 0. The first-order chi connectivity index (χ1) is 4.22. The molecule has 0 saturated carbocycles. The van der Waals surface area contributed by atoms with Crippen LogP contribution in [0.2, 0.25) is 0 Å². The van der Waals surface area contributed by atoms with Gasteiger partial charge in [-0.15, -0.1) is 0 Å². The van der Waals surface area contributed by atoms with Crippen molar-refractivity contribution in [3.05, 3.63) is 0 Å². The highest BCUT2D eigenvalue weighted by molar-refractivity contribution is 5.68. The van der Waals surface area contributed by atoms with Crippen LogP contribution < -0.4 is 0 Å². The molecule has 1 aliphatic heterocycles. The number of carbonyl (C=O) groups excluding carboxylic acids is 1. The molecule has 3 nitrogen and oxygen atoms in total. The van der Waals surface area contributed by atoms with Gasteiger partial charge in [-0.25, -0.2) is 4.79 Å². The molecule has 1 rings (SSSR count). The predicted octanol–water partition coefficient (Wildman–Crippen LogP) is 0.847. The van der Waals surface area contributed by atoms with Crippen molar-refractivity contribution >= 4 is 6.09 Å². The van der Waals surface area contributed by atoms with Gasteiger partial charge >= 0.3 is 6.09 Å². The Kier molecular flexibility index (Phi) is 1.60. The Morgan fingerprint density at radius 2 is 2.44 bits per heavy atom. The highest BCUT2D eigenvalue weighted by atomic mass is 16.6. The maximum Gasteiger partial charge on any atom is 0.409 e. The maximum atomic E-state index is 10.7. The summed E-state index contributed by atoms with van der Waals surface area (Å²) in [6, 6.07) is 0.339. The van der Waals surface area contributed by atoms with Crippen molar-refractivity contribution < 1.29 is 9.53 Å². The van der Waals surface area contributed by atoms with Crippen LogP contribution in [0.15, 0.2) is 0 Å². The lowest BCUT2D eigenvalue weighted by atomic mass is 10.2. The zero-order valence-electron chi connectivity index (χ0n) is 5.76. The molecule has 1 amide bonds. The fraction of sp³-hybridized carbons (Fsp3) is 0.833. The number of ether oxygens (including phenoxy) is 1.